The summed E-state index contributed by atoms with van der Waals surface area (Å²) in [7, 11) is -3.84. The Morgan fingerprint density at radius 3 is 2.38 bits per heavy atom. The molecule has 9 nitrogen and oxygen atoms in total. The van der Waals surface area contributed by atoms with Crippen molar-refractivity contribution in [1.82, 2.24) is 4.98 Å². The van der Waals surface area contributed by atoms with Crippen molar-refractivity contribution >= 4 is 21.7 Å². The van der Waals surface area contributed by atoms with Crippen LogP contribution in [0.1, 0.15) is 21.5 Å². The van der Waals surface area contributed by atoms with Crippen LogP contribution in [0.3, 0.4) is 0 Å². The molecule has 3 aromatic carbocycles. The Balaban J connectivity index is 1.29. The van der Waals surface area contributed by atoms with E-state index in [-0.39, 0.29) is 37.2 Å². The van der Waals surface area contributed by atoms with Crippen LogP contribution < -0.4 is 14.8 Å². The highest BCUT2D eigenvalue weighted by Gasteiger charge is 2.16. The molecule has 1 amide bonds. The Bertz CT molecular complexity index is 1480. The number of hydrogen-bond acceptors (Lipinski definition) is 8. The number of anilines is 1. The summed E-state index contributed by atoms with van der Waals surface area (Å²) in [5, 5.41) is 2.82. The van der Waals surface area contributed by atoms with Crippen molar-refractivity contribution in [3.05, 3.63) is 114 Å². The van der Waals surface area contributed by atoms with Crippen molar-refractivity contribution in [3.63, 3.8) is 0 Å². The number of carbonyl (C=O) groups is 1. The lowest BCUT2D eigenvalue weighted by atomic mass is 10.1. The first kappa shape index (κ1) is 28.8. The van der Waals surface area contributed by atoms with Gasteiger partial charge in [-0.15, -0.1) is 0 Å². The predicted octanol–water partition coefficient (Wildman–Crippen LogP) is 5.02. The molecule has 0 aliphatic carbocycles. The zero-order valence-electron chi connectivity index (χ0n) is 22.0. The molecule has 0 saturated carbocycles. The van der Waals surface area contributed by atoms with Gasteiger partial charge in [0.05, 0.1) is 42.2 Å². The minimum absolute atomic E-state index is 0.0689. The molecule has 0 fully saturated rings. The third-order valence-electron chi connectivity index (χ3n) is 5.62. The van der Waals surface area contributed by atoms with E-state index in [0.29, 0.717) is 29.4 Å². The van der Waals surface area contributed by atoms with E-state index < -0.39 is 10.1 Å². The number of carbonyl (C=O) groups excluding carboxylic acids is 1. The second kappa shape index (κ2) is 14.2. The van der Waals surface area contributed by atoms with E-state index in [1.165, 1.54) is 12.1 Å². The number of amides is 1. The second-order valence-corrected chi connectivity index (χ2v) is 10.3. The predicted molar refractivity (Wildman–Crippen MR) is 150 cm³/mol. The lowest BCUT2D eigenvalue weighted by molar-refractivity contribution is 0.0778. The Kier molecular flexibility index (Phi) is 10.2. The largest absolute Gasteiger partial charge is 0.491 e. The van der Waals surface area contributed by atoms with Gasteiger partial charge in [0.15, 0.2) is 0 Å². The monoisotopic (exact) mass is 562 g/mol. The van der Waals surface area contributed by atoms with Crippen LogP contribution in [0.25, 0.3) is 0 Å². The zero-order chi connectivity index (χ0) is 28.2. The minimum Gasteiger partial charge on any atom is -0.491 e. The van der Waals surface area contributed by atoms with Gasteiger partial charge in [0.2, 0.25) is 0 Å². The molecule has 4 rings (SSSR count). The Morgan fingerprint density at radius 2 is 1.62 bits per heavy atom. The summed E-state index contributed by atoms with van der Waals surface area (Å²) >= 11 is 0. The third kappa shape index (κ3) is 8.63. The molecule has 1 heterocycles. The van der Waals surface area contributed by atoms with E-state index in [2.05, 4.69) is 10.3 Å². The van der Waals surface area contributed by atoms with Gasteiger partial charge in [-0.25, -0.2) is 0 Å². The highest BCUT2D eigenvalue weighted by atomic mass is 32.2. The first-order valence-corrected chi connectivity index (χ1v) is 14.0. The fourth-order valence-corrected chi connectivity index (χ4v) is 4.46. The summed E-state index contributed by atoms with van der Waals surface area (Å²) in [6.07, 6.45) is 3.17. The number of hydrogen-bond donors (Lipinski definition) is 1. The SMILES string of the molecule is Cc1ccc(S(=O)(=O)OCCOCCOc2ccc(OCc3ccccc3)c(C(=O)Nc3cccnc3)c2)cc1. The quantitative estimate of drug-likeness (QED) is 0.168. The van der Waals surface area contributed by atoms with Gasteiger partial charge in [-0.1, -0.05) is 48.0 Å². The average Bonchev–Trinajstić information content (AvgIpc) is 2.97. The lowest BCUT2D eigenvalue weighted by Crippen LogP contribution is -2.15. The molecule has 10 heteroatoms. The van der Waals surface area contributed by atoms with E-state index in [9.17, 15) is 13.2 Å². The van der Waals surface area contributed by atoms with E-state index in [1.807, 2.05) is 37.3 Å². The number of nitrogens with one attached hydrogen (secondary N) is 1. The molecule has 1 aromatic heterocycles. The summed E-state index contributed by atoms with van der Waals surface area (Å²) < 4.78 is 46.6. The lowest BCUT2D eigenvalue weighted by Gasteiger charge is -2.14. The molecule has 0 aliphatic rings. The summed E-state index contributed by atoms with van der Waals surface area (Å²) in [6, 6.07) is 24.5. The van der Waals surface area contributed by atoms with E-state index in [1.54, 1.807) is 54.9 Å². The van der Waals surface area contributed by atoms with Gasteiger partial charge in [0.25, 0.3) is 16.0 Å². The molecule has 208 valence electrons. The molecule has 0 atom stereocenters. The fraction of sp³-hybridized carbons (Fsp3) is 0.200. The molecule has 0 radical (unpaired) electrons. The van der Waals surface area contributed by atoms with Crippen molar-refractivity contribution in [2.45, 2.75) is 18.4 Å². The molecule has 4 aromatic rings. The normalized spacial score (nSPS) is 11.1. The molecule has 0 unspecified atom stereocenters. The molecular formula is C30H30N2O7S. The van der Waals surface area contributed by atoms with Gasteiger partial charge in [-0.3, -0.25) is 14.0 Å². The van der Waals surface area contributed by atoms with E-state index in [4.69, 9.17) is 18.4 Å². The summed E-state index contributed by atoms with van der Waals surface area (Å²) in [5.74, 6) is 0.482. The summed E-state index contributed by atoms with van der Waals surface area (Å²) in [5.41, 5.74) is 2.77. The smallest absolute Gasteiger partial charge is 0.297 e. The standard InChI is InChI=1S/C30H30N2O7S/c1-23-9-12-27(13-10-23)40(34,35)39-19-17-36-16-18-37-26-11-14-29(38-22-24-6-3-2-4-7-24)28(20-26)30(33)32-25-8-5-15-31-21-25/h2-15,20-21H,16-19,22H2,1H3,(H,32,33). The van der Waals surface area contributed by atoms with Crippen molar-refractivity contribution in [2.24, 2.45) is 0 Å². The Hall–Kier alpha value is -4.25. The van der Waals surface area contributed by atoms with Crippen molar-refractivity contribution in [2.75, 3.05) is 31.7 Å². The first-order valence-electron chi connectivity index (χ1n) is 12.6. The number of benzene rings is 3. The van der Waals surface area contributed by atoms with Crippen molar-refractivity contribution in [3.8, 4) is 11.5 Å². The maximum atomic E-state index is 13.1. The van der Waals surface area contributed by atoms with Crippen LogP contribution in [0.5, 0.6) is 11.5 Å². The van der Waals surface area contributed by atoms with Gasteiger partial charge in [-0.05, 0) is 55.0 Å². The number of aryl methyl sites for hydroxylation is 1. The van der Waals surface area contributed by atoms with E-state index in [0.717, 1.165) is 11.1 Å². The van der Waals surface area contributed by atoms with Gasteiger partial charge in [0.1, 0.15) is 24.7 Å². The number of rotatable bonds is 14. The molecule has 0 bridgehead atoms. The Morgan fingerprint density at radius 1 is 0.850 bits per heavy atom. The maximum Gasteiger partial charge on any atom is 0.297 e. The molecular weight excluding hydrogens is 532 g/mol. The van der Waals surface area contributed by atoms with Gasteiger partial charge < -0.3 is 19.5 Å². The fourth-order valence-electron chi connectivity index (χ4n) is 3.57. The van der Waals surface area contributed by atoms with Crippen LogP contribution in [0, 0.1) is 6.92 Å². The van der Waals surface area contributed by atoms with Crippen molar-refractivity contribution in [1.29, 1.82) is 0 Å². The van der Waals surface area contributed by atoms with Crippen LogP contribution >= 0.6 is 0 Å². The molecule has 1 N–H and O–H groups in total. The van der Waals surface area contributed by atoms with Crippen LogP contribution in [-0.2, 0) is 25.6 Å². The number of aromatic nitrogens is 1. The zero-order valence-corrected chi connectivity index (χ0v) is 22.8. The molecule has 0 spiro atoms. The number of pyridine rings is 1. The number of ether oxygens (including phenoxy) is 3. The summed E-state index contributed by atoms with van der Waals surface area (Å²) in [6.45, 7) is 2.49. The van der Waals surface area contributed by atoms with Crippen LogP contribution in [0.2, 0.25) is 0 Å². The highest BCUT2D eigenvalue weighted by Crippen LogP contribution is 2.26. The topological polar surface area (TPSA) is 113 Å². The first-order chi connectivity index (χ1) is 19.4. The van der Waals surface area contributed by atoms with Crippen LogP contribution in [0.4, 0.5) is 5.69 Å². The van der Waals surface area contributed by atoms with Crippen LogP contribution in [-0.4, -0.2) is 45.7 Å². The van der Waals surface area contributed by atoms with E-state index >= 15 is 0 Å². The summed E-state index contributed by atoms with van der Waals surface area (Å²) in [4.78, 5) is 17.2. The molecule has 0 aliphatic heterocycles. The van der Waals surface area contributed by atoms with Crippen LogP contribution in [0.15, 0.2) is 102 Å². The van der Waals surface area contributed by atoms with Gasteiger partial charge in [0, 0.05) is 6.20 Å². The minimum atomic E-state index is -3.84. The molecule has 0 saturated heterocycles. The second-order valence-electron chi connectivity index (χ2n) is 8.68. The Labute approximate surface area is 233 Å². The van der Waals surface area contributed by atoms with Crippen molar-refractivity contribution < 1.29 is 31.6 Å². The average molecular weight is 563 g/mol. The van der Waals surface area contributed by atoms with Gasteiger partial charge in [-0.2, -0.15) is 8.42 Å². The highest BCUT2D eigenvalue weighted by molar-refractivity contribution is 7.86. The maximum absolute atomic E-state index is 13.1. The third-order valence-corrected chi connectivity index (χ3v) is 6.95. The molecule has 40 heavy (non-hydrogen) atoms. The number of nitrogens with zero attached hydrogens (tertiary/aromatic N) is 1. The van der Waals surface area contributed by atoms with Gasteiger partial charge >= 0.3 is 0 Å².